The monoisotopic (exact) mass is 368 g/mol. The minimum atomic E-state index is -0.781. The Kier molecular flexibility index (Phi) is 6.04. The Morgan fingerprint density at radius 3 is 2.41 bits per heavy atom. The largest absolute Gasteiger partial charge is 0.497 e. The normalized spacial score (nSPS) is 14.8. The highest BCUT2D eigenvalue weighted by Crippen LogP contribution is 2.37. The number of carbonyl (C=O) groups is 1. The number of rotatable bonds is 9. The minimum absolute atomic E-state index is 0.307. The lowest BCUT2D eigenvalue weighted by Gasteiger charge is -2.18. The molecule has 1 saturated carbocycles. The Balaban J connectivity index is 1.97. The minimum Gasteiger partial charge on any atom is -0.497 e. The van der Waals surface area contributed by atoms with E-state index in [2.05, 4.69) is 0 Å². The van der Waals surface area contributed by atoms with Crippen LogP contribution in [0.25, 0.3) is 11.1 Å². The molecule has 2 aromatic carbocycles. The first-order valence-electron chi connectivity index (χ1n) is 9.62. The maximum Gasteiger partial charge on any atom is 0.310 e. The van der Waals surface area contributed by atoms with Gasteiger partial charge in [0.05, 0.1) is 19.6 Å². The molecule has 1 unspecified atom stereocenters. The van der Waals surface area contributed by atoms with Gasteiger partial charge in [0.25, 0.3) is 0 Å². The molecule has 0 bridgehead atoms. The van der Waals surface area contributed by atoms with Gasteiger partial charge < -0.3 is 14.6 Å². The van der Waals surface area contributed by atoms with Gasteiger partial charge in [0.1, 0.15) is 11.5 Å². The van der Waals surface area contributed by atoms with E-state index in [1.54, 1.807) is 7.11 Å². The van der Waals surface area contributed by atoms with Gasteiger partial charge in [0, 0.05) is 5.56 Å². The van der Waals surface area contributed by atoms with E-state index in [0.717, 1.165) is 34.8 Å². The fraction of sp³-hybridized carbons (Fsp3) is 0.435. The van der Waals surface area contributed by atoms with Gasteiger partial charge >= 0.3 is 5.97 Å². The molecule has 0 saturated heterocycles. The van der Waals surface area contributed by atoms with E-state index in [4.69, 9.17) is 9.47 Å². The smallest absolute Gasteiger partial charge is 0.310 e. The number of carboxylic acids is 1. The van der Waals surface area contributed by atoms with E-state index in [0.29, 0.717) is 18.3 Å². The molecule has 1 atom stereocenters. The molecule has 1 fully saturated rings. The number of aliphatic carboxylic acids is 1. The molecule has 0 radical (unpaired) electrons. The van der Waals surface area contributed by atoms with Gasteiger partial charge in [-0.2, -0.15) is 0 Å². The molecule has 4 nitrogen and oxygen atoms in total. The van der Waals surface area contributed by atoms with Crippen LogP contribution in [0.15, 0.2) is 42.5 Å². The molecule has 1 N–H and O–H groups in total. The van der Waals surface area contributed by atoms with Gasteiger partial charge in [-0.3, -0.25) is 4.79 Å². The second-order valence-electron chi connectivity index (χ2n) is 7.76. The molecule has 0 aromatic heterocycles. The number of hydrogen-bond acceptors (Lipinski definition) is 3. The zero-order valence-corrected chi connectivity index (χ0v) is 16.3. The van der Waals surface area contributed by atoms with Crippen LogP contribution < -0.4 is 9.47 Å². The highest BCUT2D eigenvalue weighted by Gasteiger charge is 2.25. The molecular weight excluding hydrogens is 340 g/mol. The van der Waals surface area contributed by atoms with Crippen molar-refractivity contribution >= 4 is 5.97 Å². The van der Waals surface area contributed by atoms with Crippen LogP contribution in [0.3, 0.4) is 0 Å². The van der Waals surface area contributed by atoms with Crippen LogP contribution in [-0.4, -0.2) is 24.8 Å². The number of hydrogen-bond donors (Lipinski definition) is 1. The number of ether oxygens (including phenoxy) is 2. The summed E-state index contributed by atoms with van der Waals surface area (Å²) in [5.74, 6) is 1.26. The maximum absolute atomic E-state index is 11.8. The van der Waals surface area contributed by atoms with Crippen molar-refractivity contribution in [2.75, 3.05) is 13.7 Å². The van der Waals surface area contributed by atoms with Gasteiger partial charge in [-0.1, -0.05) is 32.0 Å². The quantitative estimate of drug-likeness (QED) is 0.647. The van der Waals surface area contributed by atoms with E-state index in [-0.39, 0.29) is 0 Å². The van der Waals surface area contributed by atoms with Crippen molar-refractivity contribution in [3.63, 3.8) is 0 Å². The average Bonchev–Trinajstić information content (AvgIpc) is 3.48. The number of carboxylic acid groups (broad SMARTS) is 1. The first-order valence-corrected chi connectivity index (χ1v) is 9.62. The molecule has 4 heteroatoms. The Morgan fingerprint density at radius 2 is 1.85 bits per heavy atom. The summed E-state index contributed by atoms with van der Waals surface area (Å²) in [4.78, 5) is 11.8. The molecule has 0 amide bonds. The zero-order chi connectivity index (χ0) is 19.4. The first-order chi connectivity index (χ1) is 13.0. The summed E-state index contributed by atoms with van der Waals surface area (Å²) in [6.45, 7) is 4.82. The van der Waals surface area contributed by atoms with E-state index < -0.39 is 11.9 Å². The molecule has 144 valence electrons. The Morgan fingerprint density at radius 1 is 1.15 bits per heavy atom. The first kappa shape index (κ1) is 19.3. The summed E-state index contributed by atoms with van der Waals surface area (Å²) in [5, 5.41) is 9.71. The summed E-state index contributed by atoms with van der Waals surface area (Å²) in [6, 6.07) is 13.6. The predicted molar refractivity (Wildman–Crippen MR) is 106 cm³/mol. The number of methoxy groups -OCH3 is 1. The van der Waals surface area contributed by atoms with Crippen LogP contribution in [0.5, 0.6) is 11.5 Å². The second-order valence-corrected chi connectivity index (χ2v) is 7.76. The van der Waals surface area contributed by atoms with E-state index >= 15 is 0 Å². The standard InChI is InChI=1S/C23H28O4/c1-15(2)12-21(23(24)25)18-8-11-22(27-14-16-4-5-16)20(13-18)17-6-9-19(26-3)10-7-17/h6-11,13,15-16,21H,4-5,12,14H2,1-3H3,(H,24,25). The van der Waals surface area contributed by atoms with Crippen molar-refractivity contribution in [1.82, 2.24) is 0 Å². The molecular formula is C23H28O4. The third-order valence-corrected chi connectivity index (χ3v) is 4.98. The second kappa shape index (κ2) is 8.47. The maximum atomic E-state index is 11.8. The van der Waals surface area contributed by atoms with Gasteiger partial charge in [-0.15, -0.1) is 0 Å². The average molecular weight is 368 g/mol. The lowest BCUT2D eigenvalue weighted by molar-refractivity contribution is -0.139. The Labute approximate surface area is 161 Å². The van der Waals surface area contributed by atoms with Crippen molar-refractivity contribution in [1.29, 1.82) is 0 Å². The molecule has 3 rings (SSSR count). The number of benzene rings is 2. The summed E-state index contributed by atoms with van der Waals surface area (Å²) in [7, 11) is 1.64. The van der Waals surface area contributed by atoms with Crippen LogP contribution in [0.2, 0.25) is 0 Å². The van der Waals surface area contributed by atoms with Gasteiger partial charge in [-0.05, 0) is 66.5 Å². The highest BCUT2D eigenvalue weighted by molar-refractivity contribution is 5.79. The molecule has 1 aliphatic rings. The Bertz CT molecular complexity index is 775. The van der Waals surface area contributed by atoms with Gasteiger partial charge in [-0.25, -0.2) is 0 Å². The summed E-state index contributed by atoms with van der Waals surface area (Å²) in [5.41, 5.74) is 2.75. The third kappa shape index (κ3) is 5.03. The molecule has 0 heterocycles. The molecule has 0 spiro atoms. The van der Waals surface area contributed by atoms with Crippen LogP contribution in [-0.2, 0) is 4.79 Å². The Hall–Kier alpha value is -2.49. The topological polar surface area (TPSA) is 55.8 Å². The predicted octanol–water partition coefficient (Wildman–Crippen LogP) is 5.37. The molecule has 2 aromatic rings. The fourth-order valence-electron chi connectivity index (χ4n) is 3.23. The highest BCUT2D eigenvalue weighted by atomic mass is 16.5. The van der Waals surface area contributed by atoms with Gasteiger partial charge in [0.15, 0.2) is 0 Å². The lowest BCUT2D eigenvalue weighted by Crippen LogP contribution is -2.14. The van der Waals surface area contributed by atoms with E-state index in [9.17, 15) is 9.90 Å². The van der Waals surface area contributed by atoms with Crippen molar-refractivity contribution in [2.24, 2.45) is 11.8 Å². The van der Waals surface area contributed by atoms with Crippen molar-refractivity contribution in [2.45, 2.75) is 39.0 Å². The summed E-state index contributed by atoms with van der Waals surface area (Å²) >= 11 is 0. The molecule has 0 aliphatic heterocycles. The van der Waals surface area contributed by atoms with Crippen LogP contribution in [0, 0.1) is 11.8 Å². The summed E-state index contributed by atoms with van der Waals surface area (Å²) < 4.78 is 11.3. The zero-order valence-electron chi connectivity index (χ0n) is 16.3. The van der Waals surface area contributed by atoms with E-state index in [1.807, 2.05) is 56.3 Å². The van der Waals surface area contributed by atoms with Crippen LogP contribution >= 0.6 is 0 Å². The summed E-state index contributed by atoms with van der Waals surface area (Å²) in [6.07, 6.45) is 3.07. The molecule has 1 aliphatic carbocycles. The van der Waals surface area contributed by atoms with Crippen molar-refractivity contribution in [3.05, 3.63) is 48.0 Å². The van der Waals surface area contributed by atoms with Crippen molar-refractivity contribution < 1.29 is 19.4 Å². The SMILES string of the molecule is COc1ccc(-c2cc(C(CC(C)C)C(=O)O)ccc2OCC2CC2)cc1. The fourth-order valence-corrected chi connectivity index (χ4v) is 3.23. The molecule has 27 heavy (non-hydrogen) atoms. The third-order valence-electron chi connectivity index (χ3n) is 4.98. The van der Waals surface area contributed by atoms with Gasteiger partial charge in [0.2, 0.25) is 0 Å². The lowest BCUT2D eigenvalue weighted by atomic mass is 9.88. The van der Waals surface area contributed by atoms with Crippen molar-refractivity contribution in [3.8, 4) is 22.6 Å². The van der Waals surface area contributed by atoms with E-state index in [1.165, 1.54) is 12.8 Å². The van der Waals surface area contributed by atoms with Crippen LogP contribution in [0.4, 0.5) is 0 Å². The van der Waals surface area contributed by atoms with Crippen LogP contribution in [0.1, 0.15) is 44.6 Å².